The molecule has 0 radical (unpaired) electrons. The molecule has 0 unspecified atom stereocenters. The highest BCUT2D eigenvalue weighted by Crippen LogP contribution is 2.37. The lowest BCUT2D eigenvalue weighted by Crippen LogP contribution is -2.42. The average Bonchev–Trinajstić information content (AvgIpc) is 2.88. The number of anilines is 1. The molecule has 1 aliphatic carbocycles. The zero-order valence-corrected chi connectivity index (χ0v) is 12.0. The van der Waals surface area contributed by atoms with Crippen molar-refractivity contribution in [2.45, 2.75) is 39.0 Å². The Morgan fingerprint density at radius 3 is 2.80 bits per heavy atom. The summed E-state index contributed by atoms with van der Waals surface area (Å²) in [5.41, 5.74) is 0.832. The summed E-state index contributed by atoms with van der Waals surface area (Å²) in [6.07, 6.45) is 7.01. The van der Waals surface area contributed by atoms with Crippen LogP contribution in [0.4, 0.5) is 5.82 Å². The molecule has 0 bridgehead atoms. The zero-order valence-electron chi connectivity index (χ0n) is 12.0. The molecule has 0 spiro atoms. The number of nitrogens with zero attached hydrogens (tertiary/aromatic N) is 5. The summed E-state index contributed by atoms with van der Waals surface area (Å²) in [5, 5.41) is 12.9. The summed E-state index contributed by atoms with van der Waals surface area (Å²) < 4.78 is 1.85. The molecule has 1 saturated heterocycles. The van der Waals surface area contributed by atoms with Crippen LogP contribution >= 0.6 is 0 Å². The summed E-state index contributed by atoms with van der Waals surface area (Å²) in [6, 6.07) is 4.11. The lowest BCUT2D eigenvalue weighted by Gasteiger charge is -2.41. The summed E-state index contributed by atoms with van der Waals surface area (Å²) in [5.74, 6) is 3.76. The Balaban J connectivity index is 1.60. The second-order valence-electron chi connectivity index (χ2n) is 6.25. The Morgan fingerprint density at radius 2 is 1.90 bits per heavy atom. The molecule has 2 atom stereocenters. The monoisotopic (exact) mass is 271 g/mol. The minimum absolute atomic E-state index is 0.832. The van der Waals surface area contributed by atoms with Crippen molar-refractivity contribution in [3.05, 3.63) is 18.0 Å². The smallest absolute Gasteiger partial charge is 0.178 e. The van der Waals surface area contributed by atoms with Gasteiger partial charge in [-0.2, -0.15) is 4.52 Å². The van der Waals surface area contributed by atoms with Crippen LogP contribution in [0.15, 0.2) is 12.1 Å². The molecule has 1 aliphatic heterocycles. The third kappa shape index (κ3) is 1.96. The zero-order chi connectivity index (χ0) is 13.5. The predicted octanol–water partition coefficient (Wildman–Crippen LogP) is 2.45. The molecule has 2 fully saturated rings. The fourth-order valence-electron chi connectivity index (χ4n) is 3.86. The molecule has 4 rings (SSSR count). The van der Waals surface area contributed by atoms with E-state index in [4.69, 9.17) is 5.10 Å². The lowest BCUT2D eigenvalue weighted by molar-refractivity contribution is 0.202. The van der Waals surface area contributed by atoms with Gasteiger partial charge in [0, 0.05) is 13.1 Å². The van der Waals surface area contributed by atoms with Gasteiger partial charge in [0.25, 0.3) is 0 Å². The Bertz CT molecular complexity index is 620. The standard InChI is InChI=1S/C15H21N5/c1-11-16-17-14-6-7-15(18-20(11)14)19-9-8-12-4-2-3-5-13(12)10-19/h6-7,12-13H,2-5,8-10H2,1H3/t12-,13-/m1/s1. The number of aryl methyl sites for hydroxylation is 1. The molecule has 5 nitrogen and oxygen atoms in total. The first kappa shape index (κ1) is 12.1. The third-order valence-electron chi connectivity index (χ3n) is 5.02. The van der Waals surface area contributed by atoms with Gasteiger partial charge >= 0.3 is 0 Å². The van der Waals surface area contributed by atoms with Crippen molar-refractivity contribution in [3.63, 3.8) is 0 Å². The van der Waals surface area contributed by atoms with E-state index in [2.05, 4.69) is 21.2 Å². The molecule has 106 valence electrons. The molecule has 5 heteroatoms. The van der Waals surface area contributed by atoms with E-state index in [-0.39, 0.29) is 0 Å². The van der Waals surface area contributed by atoms with Crippen LogP contribution in [0.5, 0.6) is 0 Å². The van der Waals surface area contributed by atoms with E-state index in [1.165, 1.54) is 38.6 Å². The van der Waals surface area contributed by atoms with Crippen LogP contribution in [0.2, 0.25) is 0 Å². The molecular weight excluding hydrogens is 250 g/mol. The summed E-state index contributed by atoms with van der Waals surface area (Å²) >= 11 is 0. The lowest BCUT2D eigenvalue weighted by atomic mass is 9.75. The van der Waals surface area contributed by atoms with Crippen molar-refractivity contribution in [1.82, 2.24) is 19.8 Å². The van der Waals surface area contributed by atoms with Crippen LogP contribution in [-0.2, 0) is 0 Å². The summed E-state index contributed by atoms with van der Waals surface area (Å²) in [4.78, 5) is 2.45. The van der Waals surface area contributed by atoms with Crippen molar-refractivity contribution in [2.75, 3.05) is 18.0 Å². The minimum atomic E-state index is 0.832. The van der Waals surface area contributed by atoms with Crippen LogP contribution in [0.1, 0.15) is 37.9 Å². The largest absolute Gasteiger partial charge is 0.355 e. The van der Waals surface area contributed by atoms with Crippen LogP contribution in [0, 0.1) is 18.8 Å². The highest BCUT2D eigenvalue weighted by molar-refractivity contribution is 5.46. The number of piperidine rings is 1. The third-order valence-corrected chi connectivity index (χ3v) is 5.02. The Kier molecular flexibility index (Phi) is 2.86. The number of aromatic nitrogens is 4. The second kappa shape index (κ2) is 4.72. The predicted molar refractivity (Wildman–Crippen MR) is 77.8 cm³/mol. The maximum Gasteiger partial charge on any atom is 0.178 e. The molecule has 1 saturated carbocycles. The molecule has 0 aromatic carbocycles. The summed E-state index contributed by atoms with van der Waals surface area (Å²) in [7, 11) is 0. The Labute approximate surface area is 119 Å². The summed E-state index contributed by atoms with van der Waals surface area (Å²) in [6.45, 7) is 4.26. The normalized spacial score (nSPS) is 26.8. The number of rotatable bonds is 1. The maximum absolute atomic E-state index is 4.71. The minimum Gasteiger partial charge on any atom is -0.355 e. The van der Waals surface area contributed by atoms with Crippen molar-refractivity contribution in [1.29, 1.82) is 0 Å². The fourth-order valence-corrected chi connectivity index (χ4v) is 3.86. The highest BCUT2D eigenvalue weighted by Gasteiger charge is 2.31. The maximum atomic E-state index is 4.71. The van der Waals surface area contributed by atoms with Gasteiger partial charge in [0.05, 0.1) is 0 Å². The Morgan fingerprint density at radius 1 is 1.05 bits per heavy atom. The van der Waals surface area contributed by atoms with Crippen LogP contribution in [0.3, 0.4) is 0 Å². The van der Waals surface area contributed by atoms with Gasteiger partial charge < -0.3 is 4.90 Å². The number of hydrogen-bond acceptors (Lipinski definition) is 4. The van der Waals surface area contributed by atoms with Gasteiger partial charge in [-0.05, 0) is 43.7 Å². The SMILES string of the molecule is Cc1nnc2ccc(N3CC[C@H]4CCCC[C@@H]4C3)nn12. The van der Waals surface area contributed by atoms with E-state index in [0.717, 1.165) is 35.7 Å². The van der Waals surface area contributed by atoms with Gasteiger partial charge in [0.15, 0.2) is 11.5 Å². The van der Waals surface area contributed by atoms with Crippen LogP contribution < -0.4 is 4.90 Å². The van der Waals surface area contributed by atoms with Gasteiger partial charge in [0.1, 0.15) is 5.82 Å². The second-order valence-corrected chi connectivity index (χ2v) is 6.25. The topological polar surface area (TPSA) is 46.3 Å². The molecule has 2 aromatic rings. The molecule has 0 amide bonds. The van der Waals surface area contributed by atoms with E-state index >= 15 is 0 Å². The van der Waals surface area contributed by atoms with Crippen molar-refractivity contribution >= 4 is 11.5 Å². The first-order chi connectivity index (χ1) is 9.81. The van der Waals surface area contributed by atoms with Crippen molar-refractivity contribution in [3.8, 4) is 0 Å². The van der Waals surface area contributed by atoms with Gasteiger partial charge in [-0.15, -0.1) is 15.3 Å². The first-order valence-electron chi connectivity index (χ1n) is 7.75. The number of hydrogen-bond donors (Lipinski definition) is 0. The molecule has 2 aliphatic rings. The fraction of sp³-hybridized carbons (Fsp3) is 0.667. The van der Waals surface area contributed by atoms with E-state index in [0.29, 0.717) is 0 Å². The number of fused-ring (bicyclic) bond motifs is 2. The van der Waals surface area contributed by atoms with Gasteiger partial charge in [-0.1, -0.05) is 19.3 Å². The molecule has 20 heavy (non-hydrogen) atoms. The first-order valence-corrected chi connectivity index (χ1v) is 7.75. The molecule has 2 aromatic heterocycles. The van der Waals surface area contributed by atoms with E-state index in [1.54, 1.807) is 0 Å². The van der Waals surface area contributed by atoms with E-state index in [9.17, 15) is 0 Å². The van der Waals surface area contributed by atoms with Gasteiger partial charge in [-0.25, -0.2) is 0 Å². The highest BCUT2D eigenvalue weighted by atomic mass is 15.4. The van der Waals surface area contributed by atoms with Crippen molar-refractivity contribution < 1.29 is 0 Å². The van der Waals surface area contributed by atoms with E-state index in [1.807, 2.05) is 17.5 Å². The molecule has 3 heterocycles. The van der Waals surface area contributed by atoms with Gasteiger partial charge in [0.2, 0.25) is 0 Å². The van der Waals surface area contributed by atoms with Crippen LogP contribution in [0.25, 0.3) is 5.65 Å². The average molecular weight is 271 g/mol. The molecule has 0 N–H and O–H groups in total. The van der Waals surface area contributed by atoms with Crippen molar-refractivity contribution in [2.24, 2.45) is 11.8 Å². The van der Waals surface area contributed by atoms with Gasteiger partial charge in [-0.3, -0.25) is 0 Å². The Hall–Kier alpha value is -1.65. The van der Waals surface area contributed by atoms with E-state index < -0.39 is 0 Å². The quantitative estimate of drug-likeness (QED) is 0.799. The van der Waals surface area contributed by atoms with Crippen LogP contribution in [-0.4, -0.2) is 32.9 Å². The molecular formula is C15H21N5.